The van der Waals surface area contributed by atoms with Crippen LogP contribution < -0.4 is 12.4 Å². The molecule has 2 nitrogen and oxygen atoms in total. The van der Waals surface area contributed by atoms with Crippen LogP contribution in [0.4, 0.5) is 0 Å². The van der Waals surface area contributed by atoms with Crippen LogP contribution in [0.25, 0.3) is 11.0 Å². The Morgan fingerprint density at radius 1 is 1.09 bits per heavy atom. The van der Waals surface area contributed by atoms with Crippen molar-refractivity contribution in [1.29, 1.82) is 0 Å². The summed E-state index contributed by atoms with van der Waals surface area (Å²) in [6.07, 6.45) is 0.981. The fraction of sp³-hybridized carbons (Fsp3) is 0.278. The number of fused-ring (bicyclic) bond motifs is 1. The van der Waals surface area contributed by atoms with Crippen molar-refractivity contribution in [2.24, 2.45) is 5.92 Å². The molecule has 0 atom stereocenters. The van der Waals surface area contributed by atoms with Gasteiger partial charge in [-0.25, -0.2) is 4.98 Å². The molecule has 4 heteroatoms. The Morgan fingerprint density at radius 3 is 2.59 bits per heavy atom. The molecule has 0 aliphatic rings. The molecule has 0 unspecified atom stereocenters. The first-order valence-electron chi connectivity index (χ1n) is 7.32. The van der Waals surface area contributed by atoms with Crippen molar-refractivity contribution in [1.82, 2.24) is 9.55 Å². The topological polar surface area (TPSA) is 17.8 Å². The average molecular weight is 334 g/mol. The third kappa shape index (κ3) is 3.63. The summed E-state index contributed by atoms with van der Waals surface area (Å²) in [7, 11) is 0. The Hall–Kier alpha value is -1.51. The predicted octanol–water partition coefficient (Wildman–Crippen LogP) is 1.94. The second-order valence-electron chi connectivity index (χ2n) is 5.83. The number of halogens is 2. The van der Waals surface area contributed by atoms with E-state index in [1.165, 1.54) is 11.1 Å². The van der Waals surface area contributed by atoms with Crippen LogP contribution in [0.1, 0.15) is 25.2 Å². The summed E-state index contributed by atoms with van der Waals surface area (Å²) in [6, 6.07) is 16.4. The lowest BCUT2D eigenvalue weighted by atomic mass is 10.1. The van der Waals surface area contributed by atoms with Crippen molar-refractivity contribution in [3.63, 3.8) is 0 Å². The van der Waals surface area contributed by atoms with Gasteiger partial charge < -0.3 is 17.0 Å². The molecule has 0 radical (unpaired) electrons. The number of benzene rings is 2. The monoisotopic (exact) mass is 333 g/mol. The molecule has 3 aromatic rings. The summed E-state index contributed by atoms with van der Waals surface area (Å²) in [5, 5.41) is 0.780. The highest BCUT2D eigenvalue weighted by atomic mass is 35.5. The molecule has 1 aromatic heterocycles. The van der Waals surface area contributed by atoms with Gasteiger partial charge in [-0.2, -0.15) is 0 Å². The maximum atomic E-state index is 6.10. The summed E-state index contributed by atoms with van der Waals surface area (Å²) < 4.78 is 2.31. The largest absolute Gasteiger partial charge is 1.00 e. The van der Waals surface area contributed by atoms with E-state index in [2.05, 4.69) is 42.7 Å². The van der Waals surface area contributed by atoms with Crippen molar-refractivity contribution in [2.45, 2.75) is 26.8 Å². The number of hydrogen-bond acceptors (Lipinski definition) is 1. The molecule has 2 aromatic carbocycles. The molecule has 0 spiro atoms. The molecule has 0 aliphatic carbocycles. The number of hydrogen-bond donors (Lipinski definition) is 0. The molecule has 0 saturated carbocycles. The SMILES string of the molecule is CC(C)Cc1nc2ccccc2n1Cc1cccc(Cl)c1.[Cl-]. The van der Waals surface area contributed by atoms with Gasteiger partial charge in [-0.1, -0.05) is 49.7 Å². The first-order chi connectivity index (χ1) is 10.1. The van der Waals surface area contributed by atoms with Crippen molar-refractivity contribution in [2.75, 3.05) is 0 Å². The maximum absolute atomic E-state index is 6.10. The van der Waals surface area contributed by atoms with Gasteiger partial charge >= 0.3 is 0 Å². The molecular weight excluding hydrogens is 315 g/mol. The number of rotatable bonds is 4. The van der Waals surface area contributed by atoms with Gasteiger partial charge in [-0.3, -0.25) is 0 Å². The van der Waals surface area contributed by atoms with Gasteiger partial charge in [-0.15, -0.1) is 0 Å². The minimum absolute atomic E-state index is 0. The summed E-state index contributed by atoms with van der Waals surface area (Å²) in [4.78, 5) is 4.80. The third-order valence-electron chi connectivity index (χ3n) is 3.55. The zero-order valence-electron chi connectivity index (χ0n) is 12.8. The minimum Gasteiger partial charge on any atom is -1.00 e. The van der Waals surface area contributed by atoms with Crippen LogP contribution in [0, 0.1) is 5.92 Å². The van der Waals surface area contributed by atoms with Gasteiger partial charge in [0.2, 0.25) is 0 Å². The molecule has 0 N–H and O–H groups in total. The Labute approximate surface area is 142 Å². The second-order valence-corrected chi connectivity index (χ2v) is 6.27. The summed E-state index contributed by atoms with van der Waals surface area (Å²) in [6.45, 7) is 5.26. The number of nitrogens with zero attached hydrogens (tertiary/aromatic N) is 2. The van der Waals surface area contributed by atoms with E-state index in [1.54, 1.807) is 0 Å². The van der Waals surface area contributed by atoms with Crippen LogP contribution in [0.3, 0.4) is 0 Å². The molecule has 0 amide bonds. The fourth-order valence-electron chi connectivity index (χ4n) is 2.64. The number of para-hydroxylation sites is 2. The quantitative estimate of drug-likeness (QED) is 0.713. The van der Waals surface area contributed by atoms with Crippen molar-refractivity contribution >= 4 is 22.6 Å². The van der Waals surface area contributed by atoms with E-state index in [0.29, 0.717) is 5.92 Å². The maximum Gasteiger partial charge on any atom is 0.110 e. The lowest BCUT2D eigenvalue weighted by molar-refractivity contribution is -0.00000449. The first kappa shape index (κ1) is 16.9. The van der Waals surface area contributed by atoms with E-state index < -0.39 is 0 Å². The normalized spacial score (nSPS) is 10.9. The van der Waals surface area contributed by atoms with E-state index in [9.17, 15) is 0 Å². The Kier molecular flexibility index (Phi) is 5.49. The van der Waals surface area contributed by atoms with Crippen molar-refractivity contribution < 1.29 is 12.4 Å². The van der Waals surface area contributed by atoms with E-state index >= 15 is 0 Å². The molecular formula is C18H19Cl2N2-. The Bertz CT molecular complexity index is 763. The van der Waals surface area contributed by atoms with E-state index in [4.69, 9.17) is 16.6 Å². The van der Waals surface area contributed by atoms with E-state index in [1.807, 2.05) is 24.3 Å². The zero-order chi connectivity index (χ0) is 14.8. The number of aromatic nitrogens is 2. The summed E-state index contributed by atoms with van der Waals surface area (Å²) in [5.74, 6) is 1.73. The predicted molar refractivity (Wildman–Crippen MR) is 88.8 cm³/mol. The van der Waals surface area contributed by atoms with Crippen molar-refractivity contribution in [3.05, 3.63) is 64.9 Å². The average Bonchev–Trinajstić information content (AvgIpc) is 2.76. The standard InChI is InChI=1S/C18H19ClN2.ClH/c1-13(2)10-18-20-16-8-3-4-9-17(16)21(18)12-14-6-5-7-15(19)11-14;/h3-9,11,13H,10,12H2,1-2H3;1H/p-1. The Balaban J connectivity index is 0.00000176. The lowest BCUT2D eigenvalue weighted by Gasteiger charge is -2.11. The molecule has 116 valence electrons. The zero-order valence-corrected chi connectivity index (χ0v) is 14.3. The van der Waals surface area contributed by atoms with Gasteiger partial charge in [0, 0.05) is 18.0 Å². The van der Waals surface area contributed by atoms with Crippen LogP contribution >= 0.6 is 11.6 Å². The van der Waals surface area contributed by atoms with Gasteiger partial charge in [-0.05, 0) is 35.7 Å². The van der Waals surface area contributed by atoms with Gasteiger partial charge in [0.05, 0.1) is 11.0 Å². The molecule has 0 bridgehead atoms. The highest BCUT2D eigenvalue weighted by molar-refractivity contribution is 6.30. The Morgan fingerprint density at radius 2 is 1.86 bits per heavy atom. The smallest absolute Gasteiger partial charge is 0.110 e. The fourth-order valence-corrected chi connectivity index (χ4v) is 2.85. The van der Waals surface area contributed by atoms with Crippen LogP contribution in [0.5, 0.6) is 0 Å². The molecule has 1 heterocycles. The second kappa shape index (κ2) is 7.17. The van der Waals surface area contributed by atoms with Crippen LogP contribution in [0.15, 0.2) is 48.5 Å². The molecule has 0 fully saturated rings. The van der Waals surface area contributed by atoms with Crippen LogP contribution in [0.2, 0.25) is 5.02 Å². The van der Waals surface area contributed by atoms with Crippen molar-refractivity contribution in [3.8, 4) is 0 Å². The summed E-state index contributed by atoms with van der Waals surface area (Å²) in [5.41, 5.74) is 3.46. The van der Waals surface area contributed by atoms with Gasteiger partial charge in [0.1, 0.15) is 5.82 Å². The lowest BCUT2D eigenvalue weighted by Crippen LogP contribution is -3.00. The van der Waals surface area contributed by atoms with E-state index in [0.717, 1.165) is 29.3 Å². The van der Waals surface area contributed by atoms with E-state index in [-0.39, 0.29) is 12.4 Å². The first-order valence-corrected chi connectivity index (χ1v) is 7.70. The molecule has 0 saturated heterocycles. The summed E-state index contributed by atoms with van der Waals surface area (Å²) >= 11 is 6.10. The minimum atomic E-state index is 0. The molecule has 3 rings (SSSR count). The van der Waals surface area contributed by atoms with Gasteiger partial charge in [0.15, 0.2) is 0 Å². The van der Waals surface area contributed by atoms with Crippen LogP contribution in [-0.4, -0.2) is 9.55 Å². The third-order valence-corrected chi connectivity index (χ3v) is 3.79. The van der Waals surface area contributed by atoms with Gasteiger partial charge in [0.25, 0.3) is 0 Å². The van der Waals surface area contributed by atoms with Crippen LogP contribution in [-0.2, 0) is 13.0 Å². The highest BCUT2D eigenvalue weighted by Gasteiger charge is 2.12. The molecule has 0 aliphatic heterocycles. The molecule has 22 heavy (non-hydrogen) atoms. The highest BCUT2D eigenvalue weighted by Crippen LogP contribution is 2.21. The number of imidazole rings is 1.